The van der Waals surface area contributed by atoms with Gasteiger partial charge >= 0.3 is 6.09 Å². The molecule has 0 aromatic heterocycles. The first-order valence-electron chi connectivity index (χ1n) is 5.82. The predicted octanol–water partition coefficient (Wildman–Crippen LogP) is 2.97. The van der Waals surface area contributed by atoms with Crippen LogP contribution in [-0.4, -0.2) is 23.6 Å². The summed E-state index contributed by atoms with van der Waals surface area (Å²) in [4.78, 5) is 13.6. The zero-order valence-electron chi connectivity index (χ0n) is 10.2. The molecule has 2 rings (SSSR count). The fraction of sp³-hybridized carbons (Fsp3) is 0.357. The zero-order chi connectivity index (χ0) is 12.3. The van der Waals surface area contributed by atoms with Gasteiger partial charge in [0, 0.05) is 6.54 Å². The van der Waals surface area contributed by atoms with Crippen LogP contribution in [0.2, 0.25) is 0 Å². The van der Waals surface area contributed by atoms with Crippen molar-refractivity contribution in [1.29, 1.82) is 0 Å². The Morgan fingerprint density at radius 1 is 1.41 bits per heavy atom. The minimum absolute atomic E-state index is 0.151. The lowest BCUT2D eigenvalue weighted by atomic mass is 10.2. The lowest BCUT2D eigenvalue weighted by molar-refractivity contribution is 0.0961. The second kappa shape index (κ2) is 5.04. The summed E-state index contributed by atoms with van der Waals surface area (Å²) in [6.45, 7) is 5.04. The van der Waals surface area contributed by atoms with E-state index in [9.17, 15) is 4.79 Å². The number of carbonyl (C=O) groups is 1. The maximum Gasteiger partial charge on any atom is 0.410 e. The molecule has 0 saturated heterocycles. The summed E-state index contributed by atoms with van der Waals surface area (Å²) in [5.41, 5.74) is 2.24. The van der Waals surface area contributed by atoms with Crippen LogP contribution >= 0.6 is 0 Å². The first kappa shape index (κ1) is 11.7. The summed E-state index contributed by atoms with van der Waals surface area (Å²) in [5.74, 6) is 0. The monoisotopic (exact) mass is 231 g/mol. The van der Waals surface area contributed by atoms with E-state index in [1.807, 2.05) is 44.2 Å². The van der Waals surface area contributed by atoms with Gasteiger partial charge in [-0.1, -0.05) is 42.0 Å². The van der Waals surface area contributed by atoms with Crippen molar-refractivity contribution in [3.05, 3.63) is 47.5 Å². The van der Waals surface area contributed by atoms with Gasteiger partial charge < -0.3 is 4.74 Å². The van der Waals surface area contributed by atoms with Crippen molar-refractivity contribution in [3.63, 3.8) is 0 Å². The van der Waals surface area contributed by atoms with Gasteiger partial charge in [-0.05, 0) is 19.4 Å². The third kappa shape index (κ3) is 2.67. The second-order valence-corrected chi connectivity index (χ2v) is 4.32. The van der Waals surface area contributed by atoms with Gasteiger partial charge in [-0.25, -0.2) is 4.79 Å². The maximum atomic E-state index is 11.8. The molecular formula is C14H17NO2. The van der Waals surface area contributed by atoms with E-state index in [-0.39, 0.29) is 12.1 Å². The van der Waals surface area contributed by atoms with Gasteiger partial charge in [0.15, 0.2) is 0 Å². The molecule has 0 aliphatic carbocycles. The van der Waals surface area contributed by atoms with Crippen molar-refractivity contribution in [2.75, 3.05) is 6.54 Å². The number of rotatable bonds is 2. The number of amides is 1. The number of hydrogen-bond donors (Lipinski definition) is 0. The van der Waals surface area contributed by atoms with E-state index >= 15 is 0 Å². The van der Waals surface area contributed by atoms with Gasteiger partial charge in [0.05, 0.1) is 6.04 Å². The summed E-state index contributed by atoms with van der Waals surface area (Å²) in [7, 11) is 0. The summed E-state index contributed by atoms with van der Waals surface area (Å²) in [5, 5.41) is 0. The quantitative estimate of drug-likeness (QED) is 0.732. The van der Waals surface area contributed by atoms with Crippen molar-refractivity contribution in [3.8, 4) is 0 Å². The number of benzene rings is 1. The van der Waals surface area contributed by atoms with E-state index in [1.54, 1.807) is 4.90 Å². The fourth-order valence-corrected chi connectivity index (χ4v) is 1.85. The predicted molar refractivity (Wildman–Crippen MR) is 66.6 cm³/mol. The number of ether oxygens (including phenoxy) is 1. The Hall–Kier alpha value is -1.77. The van der Waals surface area contributed by atoms with Crippen molar-refractivity contribution in [2.45, 2.75) is 26.5 Å². The Labute approximate surface area is 102 Å². The van der Waals surface area contributed by atoms with E-state index in [0.29, 0.717) is 13.2 Å². The molecule has 1 aromatic rings. The van der Waals surface area contributed by atoms with Crippen LogP contribution in [-0.2, 0) is 11.3 Å². The standard InChI is InChI=1S/C14H17NO2/c1-11-8-9-15(12(11)2)14(16)17-10-13-6-4-3-5-7-13/h3-8,12H,9-10H2,1-2H3. The highest BCUT2D eigenvalue weighted by molar-refractivity contribution is 5.69. The van der Waals surface area contributed by atoms with Crippen molar-refractivity contribution >= 4 is 6.09 Å². The first-order chi connectivity index (χ1) is 8.18. The van der Waals surface area contributed by atoms with Crippen LogP contribution < -0.4 is 0 Å². The van der Waals surface area contributed by atoms with Gasteiger partial charge in [0.1, 0.15) is 6.61 Å². The lowest BCUT2D eigenvalue weighted by Gasteiger charge is -2.22. The molecule has 1 amide bonds. The summed E-state index contributed by atoms with van der Waals surface area (Å²) >= 11 is 0. The molecule has 1 heterocycles. The van der Waals surface area contributed by atoms with Gasteiger partial charge in [-0.2, -0.15) is 0 Å². The molecule has 17 heavy (non-hydrogen) atoms. The van der Waals surface area contributed by atoms with E-state index in [1.165, 1.54) is 5.57 Å². The van der Waals surface area contributed by atoms with Gasteiger partial charge in [-0.3, -0.25) is 4.90 Å². The van der Waals surface area contributed by atoms with Crippen LogP contribution in [0.5, 0.6) is 0 Å². The Balaban J connectivity index is 1.87. The molecule has 0 spiro atoms. The van der Waals surface area contributed by atoms with E-state index in [0.717, 1.165) is 5.56 Å². The smallest absolute Gasteiger partial charge is 0.410 e. The molecular weight excluding hydrogens is 214 g/mol. The second-order valence-electron chi connectivity index (χ2n) is 4.32. The van der Waals surface area contributed by atoms with Gasteiger partial charge in [0.25, 0.3) is 0 Å². The number of carbonyl (C=O) groups excluding carboxylic acids is 1. The van der Waals surface area contributed by atoms with Crippen molar-refractivity contribution < 1.29 is 9.53 Å². The maximum absolute atomic E-state index is 11.8. The van der Waals surface area contributed by atoms with E-state index in [2.05, 4.69) is 6.08 Å². The molecule has 1 atom stereocenters. The minimum atomic E-state index is -0.241. The van der Waals surface area contributed by atoms with Crippen LogP contribution in [0.4, 0.5) is 4.79 Å². The Bertz CT molecular complexity index is 425. The molecule has 1 aliphatic heterocycles. The van der Waals surface area contributed by atoms with Gasteiger partial charge in [-0.15, -0.1) is 0 Å². The summed E-state index contributed by atoms with van der Waals surface area (Å²) in [6, 6.07) is 9.87. The SMILES string of the molecule is CC1=CCN(C(=O)OCc2ccccc2)C1C. The normalized spacial score (nSPS) is 19.1. The lowest BCUT2D eigenvalue weighted by Crippen LogP contribution is -2.35. The van der Waals surface area contributed by atoms with Crippen LogP contribution in [0.3, 0.4) is 0 Å². The zero-order valence-corrected chi connectivity index (χ0v) is 10.2. The van der Waals surface area contributed by atoms with Crippen LogP contribution in [0.15, 0.2) is 42.0 Å². The first-order valence-corrected chi connectivity index (χ1v) is 5.82. The molecule has 1 aromatic carbocycles. The molecule has 0 N–H and O–H groups in total. The Kier molecular flexibility index (Phi) is 3.47. The molecule has 1 aliphatic rings. The molecule has 0 saturated carbocycles. The fourth-order valence-electron chi connectivity index (χ4n) is 1.85. The van der Waals surface area contributed by atoms with Crippen molar-refractivity contribution in [2.24, 2.45) is 0 Å². The Morgan fingerprint density at radius 3 is 2.71 bits per heavy atom. The number of nitrogens with zero attached hydrogens (tertiary/aromatic N) is 1. The van der Waals surface area contributed by atoms with E-state index in [4.69, 9.17) is 4.74 Å². The molecule has 90 valence electrons. The molecule has 0 radical (unpaired) electrons. The average molecular weight is 231 g/mol. The number of hydrogen-bond acceptors (Lipinski definition) is 2. The molecule has 3 heteroatoms. The largest absolute Gasteiger partial charge is 0.445 e. The summed E-state index contributed by atoms with van der Waals surface area (Å²) in [6.07, 6.45) is 1.82. The minimum Gasteiger partial charge on any atom is -0.445 e. The highest BCUT2D eigenvalue weighted by Gasteiger charge is 2.26. The highest BCUT2D eigenvalue weighted by atomic mass is 16.6. The van der Waals surface area contributed by atoms with Crippen LogP contribution in [0.1, 0.15) is 19.4 Å². The average Bonchev–Trinajstić information content (AvgIpc) is 2.69. The Morgan fingerprint density at radius 2 is 2.12 bits per heavy atom. The van der Waals surface area contributed by atoms with Crippen LogP contribution in [0.25, 0.3) is 0 Å². The molecule has 3 nitrogen and oxygen atoms in total. The van der Waals surface area contributed by atoms with Gasteiger partial charge in [0.2, 0.25) is 0 Å². The molecule has 0 bridgehead atoms. The molecule has 0 fully saturated rings. The van der Waals surface area contributed by atoms with Crippen LogP contribution in [0, 0.1) is 0 Å². The van der Waals surface area contributed by atoms with Crippen molar-refractivity contribution in [1.82, 2.24) is 4.90 Å². The highest BCUT2D eigenvalue weighted by Crippen LogP contribution is 2.18. The third-order valence-electron chi connectivity index (χ3n) is 3.18. The molecule has 1 unspecified atom stereocenters. The summed E-state index contributed by atoms with van der Waals surface area (Å²) < 4.78 is 5.28. The van der Waals surface area contributed by atoms with E-state index < -0.39 is 0 Å². The third-order valence-corrected chi connectivity index (χ3v) is 3.18. The topological polar surface area (TPSA) is 29.5 Å².